The van der Waals surface area contributed by atoms with E-state index in [1.807, 2.05) is 14.1 Å². The molecule has 1 amide bonds. The van der Waals surface area contributed by atoms with E-state index in [1.165, 1.54) is 7.11 Å². The lowest BCUT2D eigenvalue weighted by atomic mass is 10.3. The normalized spacial score (nSPS) is 13.0. The van der Waals surface area contributed by atoms with Crippen molar-refractivity contribution in [1.29, 1.82) is 0 Å². The van der Waals surface area contributed by atoms with Crippen LogP contribution in [0.1, 0.15) is 0 Å². The third-order valence-corrected chi connectivity index (χ3v) is 1.35. The van der Waals surface area contributed by atoms with Gasteiger partial charge in [-0.2, -0.15) is 0 Å². The molecule has 0 fully saturated rings. The average Bonchev–Trinajstić information content (AvgIpc) is 2.00. The molecule has 0 aromatic carbocycles. The molecular weight excluding hydrogens is 172 g/mol. The molecule has 1 unspecified atom stereocenters. The molecule has 0 saturated carbocycles. The van der Waals surface area contributed by atoms with Gasteiger partial charge in [0.25, 0.3) is 0 Å². The van der Waals surface area contributed by atoms with Gasteiger partial charge in [-0.05, 0) is 14.1 Å². The molecule has 0 aromatic heterocycles. The zero-order valence-corrected chi connectivity index (χ0v) is 8.41. The maximum Gasteiger partial charge on any atom is 0.234 e. The lowest BCUT2D eigenvalue weighted by Gasteiger charge is -2.12. The van der Waals surface area contributed by atoms with E-state index in [9.17, 15) is 9.90 Å². The number of nitrogens with zero attached hydrogens (tertiary/aromatic N) is 1. The number of methoxy groups -OCH3 is 1. The van der Waals surface area contributed by atoms with E-state index in [2.05, 4.69) is 5.32 Å². The Morgan fingerprint density at radius 2 is 2.23 bits per heavy atom. The Kier molecular flexibility index (Phi) is 6.48. The first kappa shape index (κ1) is 12.3. The number of aliphatic hydroxyl groups is 1. The van der Waals surface area contributed by atoms with Gasteiger partial charge in [-0.3, -0.25) is 4.79 Å². The molecule has 0 bridgehead atoms. The summed E-state index contributed by atoms with van der Waals surface area (Å²) in [4.78, 5) is 12.8. The van der Waals surface area contributed by atoms with E-state index in [1.54, 1.807) is 4.90 Å². The molecular formula is C8H18N2O3. The summed E-state index contributed by atoms with van der Waals surface area (Å²) in [5.41, 5.74) is 0. The Morgan fingerprint density at radius 3 is 2.69 bits per heavy atom. The van der Waals surface area contributed by atoms with Gasteiger partial charge in [0.05, 0.1) is 19.3 Å². The van der Waals surface area contributed by atoms with Gasteiger partial charge in [0, 0.05) is 13.7 Å². The van der Waals surface area contributed by atoms with Gasteiger partial charge in [-0.25, -0.2) is 0 Å². The fourth-order valence-corrected chi connectivity index (χ4v) is 0.826. The van der Waals surface area contributed by atoms with E-state index >= 15 is 0 Å². The van der Waals surface area contributed by atoms with Crippen molar-refractivity contribution in [1.82, 2.24) is 10.2 Å². The molecule has 78 valence electrons. The highest BCUT2D eigenvalue weighted by Gasteiger charge is 2.06. The van der Waals surface area contributed by atoms with E-state index in [0.29, 0.717) is 6.54 Å². The Labute approximate surface area is 78.7 Å². The van der Waals surface area contributed by atoms with Gasteiger partial charge >= 0.3 is 0 Å². The van der Waals surface area contributed by atoms with E-state index < -0.39 is 6.10 Å². The number of carbonyl (C=O) groups excluding carboxylic acids is 1. The summed E-state index contributed by atoms with van der Waals surface area (Å²) >= 11 is 0. The van der Waals surface area contributed by atoms with Crippen LogP contribution < -0.4 is 5.32 Å². The largest absolute Gasteiger partial charge is 0.389 e. The van der Waals surface area contributed by atoms with Crippen molar-refractivity contribution in [2.75, 3.05) is 40.9 Å². The minimum atomic E-state index is -0.629. The molecule has 0 spiro atoms. The SMILES string of the molecule is COCC(O)CNC(=O)CN(C)C. The average molecular weight is 190 g/mol. The van der Waals surface area contributed by atoms with Crippen LogP contribution in [0.5, 0.6) is 0 Å². The fraction of sp³-hybridized carbons (Fsp3) is 0.875. The molecule has 0 rings (SSSR count). The van der Waals surface area contributed by atoms with Crippen molar-refractivity contribution in [3.8, 4) is 0 Å². The van der Waals surface area contributed by atoms with E-state index in [0.717, 1.165) is 0 Å². The molecule has 0 aromatic rings. The van der Waals surface area contributed by atoms with Gasteiger partial charge in [0.15, 0.2) is 0 Å². The summed E-state index contributed by atoms with van der Waals surface area (Å²) in [6.45, 7) is 0.808. The van der Waals surface area contributed by atoms with Crippen molar-refractivity contribution in [2.24, 2.45) is 0 Å². The molecule has 13 heavy (non-hydrogen) atoms. The molecule has 2 N–H and O–H groups in total. The molecule has 0 saturated heterocycles. The van der Waals surface area contributed by atoms with Crippen LogP contribution in [0.3, 0.4) is 0 Å². The lowest BCUT2D eigenvalue weighted by molar-refractivity contribution is -0.122. The first-order chi connectivity index (χ1) is 6.06. The first-order valence-corrected chi connectivity index (χ1v) is 4.14. The number of nitrogens with one attached hydrogen (secondary N) is 1. The summed E-state index contributed by atoms with van der Waals surface area (Å²) < 4.78 is 4.71. The predicted octanol–water partition coefficient (Wildman–Crippen LogP) is -1.33. The highest BCUT2D eigenvalue weighted by atomic mass is 16.5. The number of hydrogen-bond acceptors (Lipinski definition) is 4. The summed E-state index contributed by atoms with van der Waals surface area (Å²) in [5, 5.41) is 11.8. The number of carbonyl (C=O) groups is 1. The maximum absolute atomic E-state index is 11.1. The Hall–Kier alpha value is -0.650. The second-order valence-electron chi connectivity index (χ2n) is 3.15. The second kappa shape index (κ2) is 6.82. The van der Waals surface area contributed by atoms with Gasteiger partial charge in [-0.15, -0.1) is 0 Å². The third kappa shape index (κ3) is 7.70. The minimum Gasteiger partial charge on any atom is -0.389 e. The zero-order valence-electron chi connectivity index (χ0n) is 8.41. The monoisotopic (exact) mass is 190 g/mol. The van der Waals surface area contributed by atoms with E-state index in [4.69, 9.17) is 4.74 Å². The lowest BCUT2D eigenvalue weighted by Crippen LogP contribution is -2.39. The van der Waals surface area contributed by atoms with Gasteiger partial charge < -0.3 is 20.1 Å². The number of ether oxygens (including phenoxy) is 1. The molecule has 0 aliphatic heterocycles. The van der Waals surface area contributed by atoms with Crippen LogP contribution in [0.4, 0.5) is 0 Å². The van der Waals surface area contributed by atoms with Crippen LogP contribution in [0, 0.1) is 0 Å². The van der Waals surface area contributed by atoms with Crippen molar-refractivity contribution in [3.05, 3.63) is 0 Å². The number of rotatable bonds is 6. The predicted molar refractivity (Wildman–Crippen MR) is 49.4 cm³/mol. The smallest absolute Gasteiger partial charge is 0.234 e. The topological polar surface area (TPSA) is 61.8 Å². The summed E-state index contributed by atoms with van der Waals surface area (Å²) in [7, 11) is 5.13. The Balaban J connectivity index is 3.46. The molecule has 0 aliphatic carbocycles. The van der Waals surface area contributed by atoms with Crippen LogP contribution in [-0.2, 0) is 9.53 Å². The highest BCUT2D eigenvalue weighted by Crippen LogP contribution is 1.81. The zero-order chi connectivity index (χ0) is 10.3. The molecule has 5 heteroatoms. The van der Waals surface area contributed by atoms with Crippen molar-refractivity contribution < 1.29 is 14.6 Å². The van der Waals surface area contributed by atoms with Crippen LogP contribution in [-0.4, -0.2) is 62.9 Å². The Morgan fingerprint density at radius 1 is 1.62 bits per heavy atom. The third-order valence-electron chi connectivity index (χ3n) is 1.35. The van der Waals surface area contributed by atoms with Crippen molar-refractivity contribution in [3.63, 3.8) is 0 Å². The molecule has 1 atom stereocenters. The number of aliphatic hydroxyl groups excluding tert-OH is 1. The number of likely N-dealkylation sites (N-methyl/N-ethyl adjacent to an activating group) is 1. The van der Waals surface area contributed by atoms with Crippen molar-refractivity contribution >= 4 is 5.91 Å². The van der Waals surface area contributed by atoms with E-state index in [-0.39, 0.29) is 19.1 Å². The quantitative estimate of drug-likeness (QED) is 0.545. The molecule has 0 heterocycles. The second-order valence-corrected chi connectivity index (χ2v) is 3.15. The standard InChI is InChI=1S/C8H18N2O3/c1-10(2)5-8(12)9-4-7(11)6-13-3/h7,11H,4-6H2,1-3H3,(H,9,12). The first-order valence-electron chi connectivity index (χ1n) is 4.14. The van der Waals surface area contributed by atoms with Gasteiger partial charge in [0.1, 0.15) is 0 Å². The van der Waals surface area contributed by atoms with Gasteiger partial charge in [0.2, 0.25) is 5.91 Å². The van der Waals surface area contributed by atoms with Crippen LogP contribution in [0.15, 0.2) is 0 Å². The summed E-state index contributed by atoms with van der Waals surface area (Å²) in [6, 6.07) is 0. The number of amides is 1. The molecule has 0 aliphatic rings. The molecule has 0 radical (unpaired) electrons. The summed E-state index contributed by atoms with van der Waals surface area (Å²) in [5.74, 6) is -0.0971. The Bertz CT molecular complexity index is 150. The minimum absolute atomic E-state index is 0.0971. The van der Waals surface area contributed by atoms with Crippen LogP contribution in [0.25, 0.3) is 0 Å². The van der Waals surface area contributed by atoms with Gasteiger partial charge in [-0.1, -0.05) is 0 Å². The fourth-order valence-electron chi connectivity index (χ4n) is 0.826. The van der Waals surface area contributed by atoms with Crippen LogP contribution >= 0.6 is 0 Å². The van der Waals surface area contributed by atoms with Crippen LogP contribution in [0.2, 0.25) is 0 Å². The molecule has 5 nitrogen and oxygen atoms in total. The van der Waals surface area contributed by atoms with Crippen molar-refractivity contribution in [2.45, 2.75) is 6.10 Å². The highest BCUT2D eigenvalue weighted by molar-refractivity contribution is 5.77. The maximum atomic E-state index is 11.1. The number of hydrogen-bond donors (Lipinski definition) is 2. The summed E-state index contributed by atoms with van der Waals surface area (Å²) in [6.07, 6.45) is -0.629.